The molecule has 680 valence electrons. The summed E-state index contributed by atoms with van der Waals surface area (Å²) in [7, 11) is 0. The molecule has 0 bridgehead atoms. The molecule has 0 radical (unpaired) electrons. The van der Waals surface area contributed by atoms with Gasteiger partial charge in [-0.15, -0.1) is 0 Å². The van der Waals surface area contributed by atoms with Gasteiger partial charge in [0.1, 0.15) is 0 Å². The molecule has 0 nitrogen and oxygen atoms in total. The van der Waals surface area contributed by atoms with Crippen LogP contribution in [0.15, 0.2) is 370 Å². The Bertz CT molecular complexity index is 6290. The monoisotopic (exact) mass is 1770 g/mol. The van der Waals surface area contributed by atoms with Crippen molar-refractivity contribution in [3.63, 3.8) is 0 Å². The van der Waals surface area contributed by atoms with E-state index in [1.54, 1.807) is 0 Å². The molecule has 17 aromatic carbocycles. The highest BCUT2D eigenvalue weighted by Gasteiger charge is 2.48. The van der Waals surface area contributed by atoms with Gasteiger partial charge in [0.2, 0.25) is 0 Å². The zero-order valence-electron chi connectivity index (χ0n) is 85.2. The third-order valence-electron chi connectivity index (χ3n) is 29.0. The lowest BCUT2D eigenvalue weighted by Crippen LogP contribution is -2.29. The molecule has 0 saturated heterocycles. The van der Waals surface area contributed by atoms with E-state index >= 15 is 0 Å². The van der Waals surface area contributed by atoms with Crippen LogP contribution in [0.25, 0.3) is 156 Å². The van der Waals surface area contributed by atoms with E-state index in [-0.39, 0.29) is 43.3 Å². The van der Waals surface area contributed by atoms with Crippen molar-refractivity contribution in [1.29, 1.82) is 0 Å². The number of hydrogen-bond acceptors (Lipinski definition) is 0. The maximum absolute atomic E-state index is 2.63. The lowest BCUT2D eigenvalue weighted by molar-refractivity contribution is 0.590. The average Bonchev–Trinajstić information content (AvgIpc) is 1.52. The normalized spacial score (nSPS) is 13.1. The van der Waals surface area contributed by atoms with Crippen LogP contribution in [-0.4, -0.2) is 0 Å². The maximum atomic E-state index is 2.63. The van der Waals surface area contributed by atoms with Crippen LogP contribution < -0.4 is 0 Å². The Morgan fingerprint density at radius 2 is 0.301 bits per heavy atom. The summed E-state index contributed by atoms with van der Waals surface area (Å²) in [5.41, 5.74) is 47.4. The summed E-state index contributed by atoms with van der Waals surface area (Å²) in [4.78, 5) is 0. The number of hydrogen-bond donors (Lipinski definition) is 0. The highest BCUT2D eigenvalue weighted by molar-refractivity contribution is 5.99. The van der Waals surface area contributed by atoms with Crippen LogP contribution in [0.1, 0.15) is 238 Å². The maximum Gasteiger partial charge on any atom is 0.0714 e. The Morgan fingerprint density at radius 1 is 0.140 bits per heavy atom. The molecule has 0 N–H and O–H groups in total. The summed E-state index contributed by atoms with van der Waals surface area (Å²) in [6.45, 7) is 57.8. The quantitative estimate of drug-likeness (QED) is 0.0960. The second-order valence-corrected chi connectivity index (χ2v) is 47.3. The molecule has 0 spiro atoms. The van der Waals surface area contributed by atoms with Gasteiger partial charge in [0.05, 0.1) is 5.41 Å². The van der Waals surface area contributed by atoms with E-state index in [0.29, 0.717) is 0 Å². The summed E-state index contributed by atoms with van der Waals surface area (Å²) >= 11 is 0. The van der Waals surface area contributed by atoms with E-state index in [2.05, 4.69) is 543 Å². The van der Waals surface area contributed by atoms with Crippen LogP contribution in [0, 0.1) is 6.92 Å². The van der Waals surface area contributed by atoms with Crippen LogP contribution in [0.4, 0.5) is 0 Å². The zero-order valence-corrected chi connectivity index (χ0v) is 85.2. The van der Waals surface area contributed by atoms with Crippen molar-refractivity contribution in [3.8, 4) is 156 Å². The number of benzene rings is 17. The number of fused-ring (bicyclic) bond motifs is 3. The first kappa shape index (κ1) is 93.2. The van der Waals surface area contributed by atoms with Crippen LogP contribution >= 0.6 is 0 Å². The number of rotatable bonds is 15. The van der Waals surface area contributed by atoms with Crippen molar-refractivity contribution >= 4 is 0 Å². The van der Waals surface area contributed by atoms with E-state index in [4.69, 9.17) is 0 Å². The van der Waals surface area contributed by atoms with Gasteiger partial charge in [-0.2, -0.15) is 0 Å². The molecule has 0 amide bonds. The summed E-state index contributed by atoms with van der Waals surface area (Å²) in [5, 5.41) is 0. The van der Waals surface area contributed by atoms with Crippen molar-refractivity contribution in [1.82, 2.24) is 0 Å². The molecule has 136 heavy (non-hydrogen) atoms. The van der Waals surface area contributed by atoms with E-state index in [0.717, 1.165) is 100 Å². The van der Waals surface area contributed by atoms with E-state index in [1.165, 1.54) is 128 Å². The molecule has 0 atom stereocenters. The first-order chi connectivity index (χ1) is 64.3. The average molecular weight is 1770 g/mol. The fraction of sp³-hybridized carbons (Fsp3) is 0.250. The highest BCUT2D eigenvalue weighted by Crippen LogP contribution is 2.61. The van der Waals surface area contributed by atoms with Gasteiger partial charge >= 0.3 is 0 Å². The van der Waals surface area contributed by atoms with Gasteiger partial charge in [-0.05, 0) is 388 Å². The topological polar surface area (TPSA) is 0 Å². The van der Waals surface area contributed by atoms with E-state index < -0.39 is 5.41 Å². The molecule has 1 aliphatic carbocycles. The van der Waals surface area contributed by atoms with Gasteiger partial charge < -0.3 is 0 Å². The van der Waals surface area contributed by atoms with Crippen molar-refractivity contribution < 1.29 is 0 Å². The van der Waals surface area contributed by atoms with Gasteiger partial charge in [0.15, 0.2) is 0 Å². The second-order valence-electron chi connectivity index (χ2n) is 47.3. The minimum atomic E-state index is -1.06. The predicted molar refractivity (Wildman–Crippen MR) is 589 cm³/mol. The van der Waals surface area contributed by atoms with Crippen molar-refractivity contribution in [2.75, 3.05) is 0 Å². The van der Waals surface area contributed by atoms with Crippen LogP contribution in [0.5, 0.6) is 0 Å². The number of aryl methyl sites for hydroxylation is 1. The fourth-order valence-electron chi connectivity index (χ4n) is 20.4. The van der Waals surface area contributed by atoms with Gasteiger partial charge in [-0.3, -0.25) is 0 Å². The van der Waals surface area contributed by atoms with Crippen LogP contribution in [0.3, 0.4) is 0 Å². The Kier molecular flexibility index (Phi) is 24.1. The molecule has 0 aromatic heterocycles. The summed E-state index contributed by atoms with van der Waals surface area (Å²) in [5.74, 6) is 0. The Hall–Kier alpha value is -13.3. The SMILES string of the molecule is Cc1ccccc1-c1cccc2c1-c1ccccc1C2(c1cc(-c2cc(-c3ccc(C(C)(C)C)cc3)cc(-c3ccc(C(C)(C)C)cc3)c2)cc(-c2cc(-c3ccc(C(C)(C)C)cc3)cc(-c3ccc(C(C)(C)C)cc3)c2)c1)c1cc(-c2cc(-c3ccc(C(C)(C)C)cc3)cc(-c3ccc(C(C)(C)C)cc3)c2)cc(-c2cc(-c3ccc(C(C)(C)C)cc3)cc(-c3ccc(C(C)(C)C)cc3)c2)c1. The fourth-order valence-corrected chi connectivity index (χ4v) is 20.4. The molecule has 0 heteroatoms. The molecule has 0 saturated carbocycles. The first-order valence-electron chi connectivity index (χ1n) is 49.4. The first-order valence-corrected chi connectivity index (χ1v) is 49.4. The summed E-state index contributed by atoms with van der Waals surface area (Å²) in [6, 6.07) is 146. The Morgan fingerprint density at radius 3 is 0.500 bits per heavy atom. The van der Waals surface area contributed by atoms with E-state index in [1.807, 2.05) is 0 Å². The largest absolute Gasteiger partial charge is 0.0714 e. The van der Waals surface area contributed by atoms with Gasteiger partial charge in [-0.1, -0.05) is 427 Å². The van der Waals surface area contributed by atoms with E-state index in [9.17, 15) is 0 Å². The molecule has 0 heterocycles. The summed E-state index contributed by atoms with van der Waals surface area (Å²) in [6.07, 6.45) is 0. The third kappa shape index (κ3) is 18.9. The molecule has 0 fully saturated rings. The second kappa shape index (κ2) is 35.1. The standard InChI is InChI=1S/C136H136/c1-87-31-26-27-32-122(87)123-34-30-36-126-127(123)124-33-28-29-35-125(124)136(126,120-83-108(104-73-96(88-37-53-112(54-38-88)128(2,3)4)69-97(74-104)89-39-55-113(56-40-89)129(5,6)7)81-109(84-120)105-75-98(90-41-57-114(58-42-90)130(8,9)10)70-99(76-105)91-43-59-115(60-44-91)131(11,12)13)121-85-110(106-77-100(92-45-61-116(62-46-92)132(14,15)16)71-101(78-106)93-47-63-117(64-48-93)133(17,18)19)82-111(86-121)107-79-102(94-49-65-118(66-50-94)134(20,21)22)72-103(80-107)95-51-67-119(68-52-95)135(23,24)25/h26-86H,1-25H3. The summed E-state index contributed by atoms with van der Waals surface area (Å²) < 4.78 is 0. The zero-order chi connectivity index (χ0) is 96.3. The Labute approximate surface area is 814 Å². The molecule has 0 aliphatic heterocycles. The van der Waals surface area contributed by atoms with Gasteiger partial charge in [0, 0.05) is 0 Å². The highest BCUT2D eigenvalue weighted by atomic mass is 14.5. The third-order valence-corrected chi connectivity index (χ3v) is 29.0. The molecule has 17 aromatic rings. The lowest BCUT2D eigenvalue weighted by atomic mass is 9.65. The smallest absolute Gasteiger partial charge is 0.0620 e. The van der Waals surface area contributed by atoms with Crippen LogP contribution in [0.2, 0.25) is 0 Å². The van der Waals surface area contributed by atoms with Crippen molar-refractivity contribution in [2.24, 2.45) is 0 Å². The minimum absolute atomic E-state index is 0.0376. The van der Waals surface area contributed by atoms with Crippen molar-refractivity contribution in [2.45, 2.75) is 222 Å². The van der Waals surface area contributed by atoms with Gasteiger partial charge in [-0.25, -0.2) is 0 Å². The predicted octanol–water partition coefficient (Wildman–Crippen LogP) is 38.4. The molecule has 1 aliphatic rings. The molecule has 0 unspecified atom stereocenters. The molecular weight excluding hydrogens is 1630 g/mol. The van der Waals surface area contributed by atoms with Crippen molar-refractivity contribution in [3.05, 3.63) is 442 Å². The Balaban J connectivity index is 1.01. The van der Waals surface area contributed by atoms with Crippen LogP contribution in [-0.2, 0) is 48.7 Å². The van der Waals surface area contributed by atoms with Gasteiger partial charge in [0.25, 0.3) is 0 Å². The minimum Gasteiger partial charge on any atom is -0.0620 e. The lowest BCUT2D eigenvalue weighted by Gasteiger charge is -2.36. The molecular formula is C136H136. The molecule has 18 rings (SSSR count).